The maximum Gasteiger partial charge on any atom is 0.294 e. The van der Waals surface area contributed by atoms with Crippen LogP contribution in [0.3, 0.4) is 0 Å². The Labute approximate surface area is 143 Å². The molecule has 3 rings (SSSR count). The second kappa shape index (κ2) is 6.69. The summed E-state index contributed by atoms with van der Waals surface area (Å²) in [5.41, 5.74) is 1.72. The van der Waals surface area contributed by atoms with Crippen LogP contribution in [0.25, 0.3) is 11.8 Å². The summed E-state index contributed by atoms with van der Waals surface area (Å²) in [7, 11) is 1.61. The molecule has 120 valence electrons. The predicted molar refractivity (Wildman–Crippen MR) is 93.8 cm³/mol. The zero-order chi connectivity index (χ0) is 17.1. The van der Waals surface area contributed by atoms with Crippen LogP contribution in [0.5, 0.6) is 5.75 Å². The Morgan fingerprint density at radius 1 is 1.25 bits per heavy atom. The Hall–Kier alpha value is -2.91. The first kappa shape index (κ1) is 16.0. The summed E-state index contributed by atoms with van der Waals surface area (Å²) >= 11 is 0.900. The van der Waals surface area contributed by atoms with Gasteiger partial charge >= 0.3 is 0 Å². The zero-order valence-electron chi connectivity index (χ0n) is 12.9. The molecule has 2 heterocycles. The number of thioether (sulfide) groups is 1. The fourth-order valence-electron chi connectivity index (χ4n) is 2.35. The molecule has 0 aliphatic carbocycles. The lowest BCUT2D eigenvalue weighted by molar-refractivity contribution is -0.122. The van der Waals surface area contributed by atoms with Gasteiger partial charge in [-0.1, -0.05) is 5.92 Å². The van der Waals surface area contributed by atoms with Gasteiger partial charge in [-0.3, -0.25) is 14.5 Å². The molecule has 1 saturated heterocycles. The van der Waals surface area contributed by atoms with Gasteiger partial charge in [0, 0.05) is 17.6 Å². The summed E-state index contributed by atoms with van der Waals surface area (Å²) in [4.78, 5) is 25.5. The number of aromatic nitrogens is 1. The van der Waals surface area contributed by atoms with Gasteiger partial charge in [-0.25, -0.2) is 0 Å². The Bertz CT molecular complexity index is 859. The second-order valence-electron chi connectivity index (χ2n) is 4.97. The SMILES string of the molecule is C#CCN1C(=O)SC(=Cc2cccn2-c2ccc(OC)cc2)C1=O. The molecule has 0 radical (unpaired) electrons. The third-order valence-corrected chi connectivity index (χ3v) is 4.44. The highest BCUT2D eigenvalue weighted by Crippen LogP contribution is 2.32. The van der Waals surface area contributed by atoms with E-state index in [2.05, 4.69) is 5.92 Å². The number of hydrogen-bond acceptors (Lipinski definition) is 4. The highest BCUT2D eigenvalue weighted by molar-refractivity contribution is 8.18. The average Bonchev–Trinajstić information content (AvgIpc) is 3.16. The van der Waals surface area contributed by atoms with E-state index in [0.717, 1.165) is 33.8 Å². The van der Waals surface area contributed by atoms with E-state index in [4.69, 9.17) is 11.2 Å². The maximum atomic E-state index is 12.3. The van der Waals surface area contributed by atoms with Gasteiger partial charge in [-0.15, -0.1) is 6.42 Å². The number of terminal acetylenes is 1. The number of carbonyl (C=O) groups is 2. The van der Waals surface area contributed by atoms with E-state index < -0.39 is 0 Å². The van der Waals surface area contributed by atoms with Crippen LogP contribution in [0.1, 0.15) is 5.69 Å². The lowest BCUT2D eigenvalue weighted by Crippen LogP contribution is -2.28. The molecular weight excluding hydrogens is 324 g/mol. The van der Waals surface area contributed by atoms with E-state index in [1.807, 2.05) is 47.2 Å². The normalized spacial score (nSPS) is 15.8. The van der Waals surface area contributed by atoms with E-state index >= 15 is 0 Å². The van der Waals surface area contributed by atoms with E-state index in [9.17, 15) is 9.59 Å². The quantitative estimate of drug-likeness (QED) is 0.635. The first-order chi connectivity index (χ1) is 11.6. The molecule has 1 aromatic carbocycles. The fraction of sp³-hybridized carbons (Fsp3) is 0.111. The summed E-state index contributed by atoms with van der Waals surface area (Å²) in [5, 5.41) is -0.341. The predicted octanol–water partition coefficient (Wildman–Crippen LogP) is 3.16. The summed E-state index contributed by atoms with van der Waals surface area (Å²) in [6.07, 6.45) is 8.79. The molecule has 0 spiro atoms. The van der Waals surface area contributed by atoms with Crippen LogP contribution in [0, 0.1) is 12.3 Å². The van der Waals surface area contributed by atoms with Crippen LogP contribution in [0.4, 0.5) is 4.79 Å². The molecule has 6 heteroatoms. The minimum absolute atomic E-state index is 0.0124. The molecule has 0 atom stereocenters. The number of benzene rings is 1. The van der Waals surface area contributed by atoms with Crippen molar-refractivity contribution in [3.05, 3.63) is 53.2 Å². The molecule has 5 nitrogen and oxygen atoms in total. The molecule has 0 bridgehead atoms. The third-order valence-electron chi connectivity index (χ3n) is 3.53. The molecule has 0 unspecified atom stereocenters. The largest absolute Gasteiger partial charge is 0.497 e. The van der Waals surface area contributed by atoms with E-state index in [1.165, 1.54) is 0 Å². The van der Waals surface area contributed by atoms with E-state index in [0.29, 0.717) is 4.91 Å². The molecule has 1 aliphatic heterocycles. The van der Waals surface area contributed by atoms with Crippen LogP contribution < -0.4 is 4.74 Å². The van der Waals surface area contributed by atoms with Gasteiger partial charge in [0.05, 0.1) is 18.6 Å². The van der Waals surface area contributed by atoms with Crippen LogP contribution >= 0.6 is 11.8 Å². The maximum absolute atomic E-state index is 12.3. The summed E-state index contributed by atoms with van der Waals surface area (Å²) in [6.45, 7) is -0.0124. The molecule has 1 fully saturated rings. The minimum Gasteiger partial charge on any atom is -0.497 e. The lowest BCUT2D eigenvalue weighted by atomic mass is 10.3. The van der Waals surface area contributed by atoms with Crippen LogP contribution in [0.2, 0.25) is 0 Å². The molecular formula is C18H14N2O3S. The first-order valence-electron chi connectivity index (χ1n) is 7.14. The van der Waals surface area contributed by atoms with Crippen molar-refractivity contribution in [2.24, 2.45) is 0 Å². The number of methoxy groups -OCH3 is 1. The van der Waals surface area contributed by atoms with Crippen LogP contribution in [-0.2, 0) is 4.79 Å². The average molecular weight is 338 g/mol. The standard InChI is InChI=1S/C18H14N2O3S/c1-3-10-20-17(21)16(24-18(20)22)12-14-5-4-11-19(14)13-6-8-15(23-2)9-7-13/h1,4-9,11-12H,10H2,2H3. The summed E-state index contributed by atoms with van der Waals surface area (Å²) in [6, 6.07) is 11.3. The number of imide groups is 1. The number of rotatable bonds is 4. The molecule has 1 aromatic heterocycles. The second-order valence-corrected chi connectivity index (χ2v) is 5.97. The van der Waals surface area contributed by atoms with Crippen molar-refractivity contribution < 1.29 is 14.3 Å². The van der Waals surface area contributed by atoms with Crippen LogP contribution in [0.15, 0.2) is 47.5 Å². The van der Waals surface area contributed by atoms with Gasteiger partial charge in [0.25, 0.3) is 11.1 Å². The van der Waals surface area contributed by atoms with Gasteiger partial charge in [-0.05, 0) is 54.2 Å². The van der Waals surface area contributed by atoms with Crippen molar-refractivity contribution in [2.75, 3.05) is 13.7 Å². The lowest BCUT2D eigenvalue weighted by Gasteiger charge is -2.08. The molecule has 1 aliphatic rings. The first-order valence-corrected chi connectivity index (χ1v) is 7.96. The highest BCUT2D eigenvalue weighted by Gasteiger charge is 2.34. The van der Waals surface area contributed by atoms with Gasteiger partial charge in [0.2, 0.25) is 0 Å². The van der Waals surface area contributed by atoms with Gasteiger partial charge in [0.1, 0.15) is 5.75 Å². The van der Waals surface area contributed by atoms with Crippen molar-refractivity contribution in [1.29, 1.82) is 0 Å². The fourth-order valence-corrected chi connectivity index (χ4v) is 3.17. The molecule has 2 amide bonds. The van der Waals surface area contributed by atoms with Gasteiger partial charge in [0.15, 0.2) is 0 Å². The smallest absolute Gasteiger partial charge is 0.294 e. The number of ether oxygens (including phenoxy) is 1. The molecule has 0 N–H and O–H groups in total. The van der Waals surface area contributed by atoms with E-state index in [-0.39, 0.29) is 17.7 Å². The van der Waals surface area contributed by atoms with Crippen molar-refractivity contribution in [2.45, 2.75) is 0 Å². The molecule has 2 aromatic rings. The van der Waals surface area contributed by atoms with Crippen molar-refractivity contribution in [3.8, 4) is 23.8 Å². The molecule has 24 heavy (non-hydrogen) atoms. The van der Waals surface area contributed by atoms with E-state index in [1.54, 1.807) is 13.2 Å². The van der Waals surface area contributed by atoms with Crippen LogP contribution in [-0.4, -0.2) is 34.3 Å². The zero-order valence-corrected chi connectivity index (χ0v) is 13.7. The topological polar surface area (TPSA) is 51.5 Å². The van der Waals surface area contributed by atoms with Gasteiger partial charge < -0.3 is 9.30 Å². The minimum atomic E-state index is -0.356. The van der Waals surface area contributed by atoms with Gasteiger partial charge in [-0.2, -0.15) is 0 Å². The Balaban J connectivity index is 1.92. The molecule has 0 saturated carbocycles. The van der Waals surface area contributed by atoms with Crippen molar-refractivity contribution >= 4 is 29.0 Å². The Morgan fingerprint density at radius 3 is 2.67 bits per heavy atom. The monoisotopic (exact) mass is 338 g/mol. The summed E-state index contributed by atoms with van der Waals surface area (Å²) < 4.78 is 7.08. The number of hydrogen-bond donors (Lipinski definition) is 0. The number of nitrogens with zero attached hydrogens (tertiary/aromatic N) is 2. The number of amides is 2. The Morgan fingerprint density at radius 2 is 2.00 bits per heavy atom. The third kappa shape index (κ3) is 2.94. The van der Waals surface area contributed by atoms with Crippen molar-refractivity contribution in [3.63, 3.8) is 0 Å². The van der Waals surface area contributed by atoms with Crippen molar-refractivity contribution in [1.82, 2.24) is 9.47 Å². The summed E-state index contributed by atoms with van der Waals surface area (Å²) in [5.74, 6) is 2.74. The Kier molecular flexibility index (Phi) is 4.45. The number of carbonyl (C=O) groups excluding carboxylic acids is 2. The highest BCUT2D eigenvalue weighted by atomic mass is 32.2.